The molecule has 9 heavy (non-hydrogen) atoms. The number of halogens is 1. The van der Waals surface area contributed by atoms with Crippen molar-refractivity contribution in [2.75, 3.05) is 19.6 Å². The van der Waals surface area contributed by atoms with Crippen molar-refractivity contribution in [3.05, 3.63) is 0 Å². The van der Waals surface area contributed by atoms with Gasteiger partial charge in [0.05, 0.1) is 6.10 Å². The maximum atomic E-state index is 5.17. The Morgan fingerprint density at radius 3 is 2.89 bits per heavy atom. The zero-order chi connectivity index (χ0) is 6.69. The van der Waals surface area contributed by atoms with Crippen LogP contribution in [0.2, 0.25) is 0 Å². The van der Waals surface area contributed by atoms with Gasteiger partial charge in [-0.3, -0.25) is 0 Å². The van der Waals surface area contributed by atoms with Gasteiger partial charge in [-0.15, -0.1) is 0 Å². The molecule has 0 spiro atoms. The van der Waals surface area contributed by atoms with Crippen molar-refractivity contribution in [2.45, 2.75) is 19.4 Å². The first kappa shape index (κ1) is 7.75. The predicted molar refractivity (Wildman–Crippen MR) is 45.6 cm³/mol. The minimum atomic E-state index is 0.491. The van der Waals surface area contributed by atoms with E-state index in [-0.39, 0.29) is 0 Å². The first-order valence-corrected chi connectivity index (χ1v) is 4.24. The van der Waals surface area contributed by atoms with Crippen LogP contribution in [0.3, 0.4) is 0 Å². The van der Waals surface area contributed by atoms with Gasteiger partial charge in [0, 0.05) is 13.1 Å². The minimum Gasteiger partial charge on any atom is -0.311 e. The monoisotopic (exact) mass is 241 g/mol. The smallest absolute Gasteiger partial charge is 0.110 e. The number of nitrogens with zero attached hydrogens (tertiary/aromatic N) is 1. The Morgan fingerprint density at radius 2 is 2.56 bits per heavy atom. The van der Waals surface area contributed by atoms with E-state index in [9.17, 15) is 0 Å². The zero-order valence-electron chi connectivity index (χ0n) is 5.64. The second-order valence-corrected chi connectivity index (χ2v) is 2.90. The molecule has 0 bridgehead atoms. The van der Waals surface area contributed by atoms with E-state index in [1.54, 1.807) is 0 Å². The molecule has 0 aliphatic carbocycles. The Labute approximate surface area is 70.2 Å². The van der Waals surface area contributed by atoms with E-state index in [0.717, 1.165) is 13.1 Å². The lowest BCUT2D eigenvalue weighted by Gasteiger charge is -2.10. The van der Waals surface area contributed by atoms with Crippen molar-refractivity contribution >= 4 is 23.0 Å². The fraction of sp³-hybridized carbons (Fsp3) is 1.00. The summed E-state index contributed by atoms with van der Waals surface area (Å²) in [5.74, 6) is 0. The number of likely N-dealkylation sites (tertiary alicyclic amines) is 1. The van der Waals surface area contributed by atoms with Gasteiger partial charge in [0.2, 0.25) is 0 Å². The summed E-state index contributed by atoms with van der Waals surface area (Å²) in [5.41, 5.74) is 0. The predicted octanol–water partition coefficient (Wildman–Crippen LogP) is 1.45. The lowest BCUT2D eigenvalue weighted by atomic mass is 10.3. The Hall–Kier alpha value is 0.650. The Bertz CT molecular complexity index is 79.1. The first-order chi connectivity index (χ1) is 4.36. The zero-order valence-corrected chi connectivity index (χ0v) is 7.80. The molecule has 3 heteroatoms. The molecule has 54 valence electrons. The molecule has 1 saturated heterocycles. The second kappa shape index (κ2) is 3.73. The van der Waals surface area contributed by atoms with Crippen LogP contribution in [-0.4, -0.2) is 30.6 Å². The van der Waals surface area contributed by atoms with E-state index in [2.05, 4.69) is 11.8 Å². The summed E-state index contributed by atoms with van der Waals surface area (Å²) in [6.07, 6.45) is 1.70. The largest absolute Gasteiger partial charge is 0.311 e. The van der Waals surface area contributed by atoms with Crippen molar-refractivity contribution < 1.29 is 3.07 Å². The lowest BCUT2D eigenvalue weighted by molar-refractivity contribution is 0.267. The van der Waals surface area contributed by atoms with E-state index >= 15 is 0 Å². The quantitative estimate of drug-likeness (QED) is 0.678. The highest BCUT2D eigenvalue weighted by Crippen LogP contribution is 2.13. The molecule has 1 heterocycles. The van der Waals surface area contributed by atoms with Gasteiger partial charge in [-0.05, 0) is 13.0 Å². The summed E-state index contributed by atoms with van der Waals surface area (Å²) < 4.78 is 5.17. The van der Waals surface area contributed by atoms with Crippen LogP contribution in [0.15, 0.2) is 0 Å². The van der Waals surface area contributed by atoms with E-state index in [0.29, 0.717) is 6.10 Å². The number of hydrogen-bond donors (Lipinski definition) is 0. The molecule has 1 aliphatic heterocycles. The average Bonchev–Trinajstić information content (AvgIpc) is 2.34. The van der Waals surface area contributed by atoms with Crippen molar-refractivity contribution in [3.63, 3.8) is 0 Å². The van der Waals surface area contributed by atoms with Crippen LogP contribution < -0.4 is 0 Å². The van der Waals surface area contributed by atoms with Crippen molar-refractivity contribution in [3.8, 4) is 0 Å². The Kier molecular flexibility index (Phi) is 3.21. The third-order valence-corrected chi connectivity index (χ3v) is 2.52. The number of rotatable bonds is 2. The van der Waals surface area contributed by atoms with Gasteiger partial charge >= 0.3 is 0 Å². The second-order valence-electron chi connectivity index (χ2n) is 2.39. The van der Waals surface area contributed by atoms with Crippen LogP contribution in [0.4, 0.5) is 0 Å². The number of likely N-dealkylation sites (N-methyl/N-ethyl adjacent to an activating group) is 1. The fourth-order valence-electron chi connectivity index (χ4n) is 1.16. The maximum Gasteiger partial charge on any atom is 0.110 e. The summed E-state index contributed by atoms with van der Waals surface area (Å²) in [7, 11) is 0. The van der Waals surface area contributed by atoms with Crippen LogP contribution >= 0.6 is 23.0 Å². The highest BCUT2D eigenvalue weighted by molar-refractivity contribution is 14.1. The minimum absolute atomic E-state index is 0.491. The van der Waals surface area contributed by atoms with Gasteiger partial charge in [-0.2, -0.15) is 0 Å². The average molecular weight is 241 g/mol. The van der Waals surface area contributed by atoms with Gasteiger partial charge in [0.1, 0.15) is 23.0 Å². The van der Waals surface area contributed by atoms with Crippen molar-refractivity contribution in [1.29, 1.82) is 0 Å². The molecule has 1 atom stereocenters. The third kappa shape index (κ3) is 2.05. The maximum absolute atomic E-state index is 5.17. The molecule has 0 aromatic heterocycles. The topological polar surface area (TPSA) is 12.5 Å². The van der Waals surface area contributed by atoms with Crippen LogP contribution in [0.5, 0.6) is 0 Å². The van der Waals surface area contributed by atoms with E-state index in [1.807, 2.05) is 23.0 Å². The molecule has 0 aromatic carbocycles. The Morgan fingerprint density at radius 1 is 1.78 bits per heavy atom. The van der Waals surface area contributed by atoms with Crippen LogP contribution in [0.1, 0.15) is 13.3 Å². The molecular weight excluding hydrogens is 229 g/mol. The van der Waals surface area contributed by atoms with E-state index < -0.39 is 0 Å². The Balaban J connectivity index is 2.20. The number of hydrogen-bond acceptors (Lipinski definition) is 2. The molecule has 0 N–H and O–H groups in total. The summed E-state index contributed by atoms with van der Waals surface area (Å²) in [5, 5.41) is 0. The molecule has 1 aliphatic rings. The van der Waals surface area contributed by atoms with Gasteiger partial charge in [0.15, 0.2) is 0 Å². The van der Waals surface area contributed by atoms with Crippen molar-refractivity contribution in [1.82, 2.24) is 4.90 Å². The van der Waals surface area contributed by atoms with Gasteiger partial charge in [-0.1, -0.05) is 6.92 Å². The molecule has 1 rings (SSSR count). The molecule has 0 radical (unpaired) electrons. The molecule has 0 amide bonds. The molecule has 0 saturated carbocycles. The molecular formula is C6H12INO. The van der Waals surface area contributed by atoms with Gasteiger partial charge in [-0.25, -0.2) is 0 Å². The van der Waals surface area contributed by atoms with E-state index in [1.165, 1.54) is 13.0 Å². The van der Waals surface area contributed by atoms with E-state index in [4.69, 9.17) is 3.07 Å². The van der Waals surface area contributed by atoms with Gasteiger partial charge < -0.3 is 7.97 Å². The highest BCUT2D eigenvalue weighted by Gasteiger charge is 2.20. The SMILES string of the molecule is CCN1CC[C@@H](OI)C1. The first-order valence-electron chi connectivity index (χ1n) is 3.36. The summed E-state index contributed by atoms with van der Waals surface area (Å²) in [4.78, 5) is 2.41. The van der Waals surface area contributed by atoms with Crippen LogP contribution in [0, 0.1) is 0 Å². The van der Waals surface area contributed by atoms with Crippen molar-refractivity contribution in [2.24, 2.45) is 0 Å². The van der Waals surface area contributed by atoms with Crippen LogP contribution in [0.25, 0.3) is 0 Å². The highest BCUT2D eigenvalue weighted by atomic mass is 127. The molecule has 2 nitrogen and oxygen atoms in total. The standard InChI is InChI=1S/C6H12INO/c1-2-8-4-3-6(5-8)9-7/h6H,2-5H2,1H3/t6-/m1/s1. The van der Waals surface area contributed by atoms with Crippen LogP contribution in [-0.2, 0) is 3.07 Å². The normalized spacial score (nSPS) is 29.3. The summed E-state index contributed by atoms with van der Waals surface area (Å²) in [6, 6.07) is 0. The third-order valence-electron chi connectivity index (χ3n) is 1.80. The molecule has 1 fully saturated rings. The fourth-order valence-corrected chi connectivity index (χ4v) is 1.57. The summed E-state index contributed by atoms with van der Waals surface area (Å²) in [6.45, 7) is 5.69. The summed E-state index contributed by atoms with van der Waals surface area (Å²) >= 11 is 1.99. The molecule has 0 unspecified atom stereocenters. The van der Waals surface area contributed by atoms with Gasteiger partial charge in [0.25, 0.3) is 0 Å². The lowest BCUT2D eigenvalue weighted by Crippen LogP contribution is -2.21. The molecule has 0 aromatic rings.